The molecule has 4 aromatic rings. The molecular formula is C28H29N3O3S. The maximum Gasteiger partial charge on any atom is 0.257 e. The van der Waals surface area contributed by atoms with E-state index in [1.54, 1.807) is 32.2 Å². The van der Waals surface area contributed by atoms with Crippen LogP contribution in [0.2, 0.25) is 0 Å². The number of methoxy groups -OCH3 is 2. The molecule has 0 unspecified atom stereocenters. The zero-order chi connectivity index (χ0) is 24.4. The number of carbonyl (C=O) groups excluding carboxylic acids is 1. The van der Waals surface area contributed by atoms with Crippen molar-refractivity contribution in [1.82, 2.24) is 14.9 Å². The molecular weight excluding hydrogens is 458 g/mol. The Kier molecular flexibility index (Phi) is 6.68. The Balaban J connectivity index is 1.66. The van der Waals surface area contributed by atoms with Crippen molar-refractivity contribution in [3.8, 4) is 11.5 Å². The number of H-pyrrole nitrogens is 1. The van der Waals surface area contributed by atoms with Crippen molar-refractivity contribution in [2.45, 2.75) is 30.8 Å². The van der Waals surface area contributed by atoms with Gasteiger partial charge >= 0.3 is 0 Å². The number of pyridine rings is 1. The Morgan fingerprint density at radius 2 is 2.00 bits per heavy atom. The average molecular weight is 488 g/mol. The van der Waals surface area contributed by atoms with E-state index in [4.69, 9.17) is 9.47 Å². The molecule has 6 nitrogen and oxygen atoms in total. The number of fused-ring (bicyclic) bond motifs is 3. The van der Waals surface area contributed by atoms with Crippen LogP contribution in [0.3, 0.4) is 0 Å². The number of aromatic nitrogens is 2. The van der Waals surface area contributed by atoms with Crippen LogP contribution < -0.4 is 9.47 Å². The van der Waals surface area contributed by atoms with E-state index in [1.807, 2.05) is 53.4 Å². The van der Waals surface area contributed by atoms with Crippen LogP contribution in [-0.2, 0) is 6.42 Å². The monoisotopic (exact) mass is 487 g/mol. The number of carbonyl (C=O) groups is 1. The Morgan fingerprint density at radius 1 is 1.14 bits per heavy atom. The fourth-order valence-electron chi connectivity index (χ4n) is 4.85. The van der Waals surface area contributed by atoms with Gasteiger partial charge in [-0.15, -0.1) is 11.8 Å². The van der Waals surface area contributed by atoms with Crippen LogP contribution in [0.25, 0.3) is 10.9 Å². The lowest BCUT2D eigenvalue weighted by atomic mass is 9.91. The fraction of sp³-hybridized carbons (Fsp3) is 0.286. The third-order valence-corrected chi connectivity index (χ3v) is 7.68. The second-order valence-corrected chi connectivity index (χ2v) is 9.61. The van der Waals surface area contributed by atoms with Gasteiger partial charge in [-0.2, -0.15) is 0 Å². The number of nitrogens with one attached hydrogen (secondary N) is 1. The van der Waals surface area contributed by atoms with E-state index < -0.39 is 0 Å². The highest BCUT2D eigenvalue weighted by molar-refractivity contribution is 7.99. The van der Waals surface area contributed by atoms with Gasteiger partial charge in [0.2, 0.25) is 0 Å². The molecule has 180 valence electrons. The number of thioether (sulfide) groups is 1. The number of hydrogen-bond acceptors (Lipinski definition) is 5. The van der Waals surface area contributed by atoms with Crippen LogP contribution in [0.1, 0.15) is 46.6 Å². The summed E-state index contributed by atoms with van der Waals surface area (Å²) < 4.78 is 11.2. The second-order valence-electron chi connectivity index (χ2n) is 8.53. The number of benzene rings is 2. The topological polar surface area (TPSA) is 67.5 Å². The molecule has 0 fully saturated rings. The minimum atomic E-state index is -0.315. The van der Waals surface area contributed by atoms with Crippen LogP contribution in [-0.4, -0.2) is 47.3 Å². The Morgan fingerprint density at radius 3 is 2.80 bits per heavy atom. The first-order chi connectivity index (χ1) is 17.2. The van der Waals surface area contributed by atoms with Gasteiger partial charge in [0.25, 0.3) is 5.91 Å². The van der Waals surface area contributed by atoms with Gasteiger partial charge < -0.3 is 19.4 Å². The minimum Gasteiger partial charge on any atom is -0.497 e. The highest BCUT2D eigenvalue weighted by Gasteiger charge is 2.37. The normalized spacial score (nSPS) is 15.2. The Labute approximate surface area is 209 Å². The number of ether oxygens (including phenoxy) is 2. The van der Waals surface area contributed by atoms with Crippen LogP contribution in [0.15, 0.2) is 65.8 Å². The molecule has 0 spiro atoms. The van der Waals surface area contributed by atoms with E-state index in [0.717, 1.165) is 57.3 Å². The summed E-state index contributed by atoms with van der Waals surface area (Å²) in [7, 11) is 3.35. The van der Waals surface area contributed by atoms with Crippen LogP contribution >= 0.6 is 11.8 Å². The summed E-state index contributed by atoms with van der Waals surface area (Å²) in [6, 6.07) is 17.4. The van der Waals surface area contributed by atoms with Crippen LogP contribution in [0.5, 0.6) is 11.5 Å². The molecule has 1 atom stereocenters. The third-order valence-electron chi connectivity index (χ3n) is 6.47. The van der Waals surface area contributed by atoms with Gasteiger partial charge in [-0.25, -0.2) is 4.98 Å². The van der Waals surface area contributed by atoms with E-state index in [1.165, 1.54) is 5.56 Å². The summed E-state index contributed by atoms with van der Waals surface area (Å²) in [6.07, 6.45) is 3.52. The highest BCUT2D eigenvalue weighted by Crippen LogP contribution is 2.43. The maximum absolute atomic E-state index is 14.1. The summed E-state index contributed by atoms with van der Waals surface area (Å²) in [5.41, 5.74) is 4.86. The molecule has 0 saturated carbocycles. The maximum atomic E-state index is 14.1. The van der Waals surface area contributed by atoms with Crippen molar-refractivity contribution in [2.24, 2.45) is 0 Å². The van der Waals surface area contributed by atoms with Crippen molar-refractivity contribution < 1.29 is 14.3 Å². The molecule has 2 aromatic heterocycles. The van der Waals surface area contributed by atoms with E-state index >= 15 is 0 Å². The lowest BCUT2D eigenvalue weighted by Crippen LogP contribution is -2.41. The van der Waals surface area contributed by atoms with E-state index in [2.05, 4.69) is 23.0 Å². The van der Waals surface area contributed by atoms with Gasteiger partial charge in [0.15, 0.2) is 0 Å². The number of hydrogen-bond donors (Lipinski definition) is 1. The zero-order valence-corrected chi connectivity index (χ0v) is 21.0. The van der Waals surface area contributed by atoms with Crippen LogP contribution in [0.4, 0.5) is 0 Å². The van der Waals surface area contributed by atoms with Crippen LogP contribution in [0, 0.1) is 0 Å². The number of para-hydroxylation sites is 1. The molecule has 2 aromatic carbocycles. The molecule has 1 aliphatic rings. The van der Waals surface area contributed by atoms with Gasteiger partial charge in [0.05, 0.1) is 19.8 Å². The smallest absolute Gasteiger partial charge is 0.257 e. The summed E-state index contributed by atoms with van der Waals surface area (Å²) in [4.78, 5) is 24.2. The zero-order valence-electron chi connectivity index (χ0n) is 20.2. The standard InChI is InChI=1S/C28H29N3O3S/c1-4-16-35-27-21(9-7-14-29-27)28(32)31-15-13-19-22-17-18(33-2)11-12-23(22)30-25(19)26(31)20-8-5-6-10-24(20)34-3/h5-12,14,17,26,30H,4,13,15-16H2,1-3H3/t26-/m1/s1. The molecule has 3 heterocycles. The van der Waals surface area contributed by atoms with E-state index in [-0.39, 0.29) is 11.9 Å². The largest absolute Gasteiger partial charge is 0.497 e. The third kappa shape index (κ3) is 4.25. The Bertz CT molecular complexity index is 1370. The van der Waals surface area contributed by atoms with Gasteiger partial charge in [-0.05, 0) is 60.6 Å². The fourth-order valence-corrected chi connectivity index (χ4v) is 5.69. The van der Waals surface area contributed by atoms with Gasteiger partial charge in [0, 0.05) is 34.9 Å². The molecule has 0 bridgehead atoms. The number of nitrogens with zero attached hydrogens (tertiary/aromatic N) is 2. The first-order valence-electron chi connectivity index (χ1n) is 11.9. The number of rotatable bonds is 7. The van der Waals surface area contributed by atoms with Crippen molar-refractivity contribution >= 4 is 28.6 Å². The molecule has 1 N–H and O–H groups in total. The summed E-state index contributed by atoms with van der Waals surface area (Å²) in [6.45, 7) is 2.72. The highest BCUT2D eigenvalue weighted by atomic mass is 32.2. The minimum absolute atomic E-state index is 0.0190. The molecule has 1 aliphatic heterocycles. The lowest BCUT2D eigenvalue weighted by Gasteiger charge is -2.37. The number of amides is 1. The SMILES string of the molecule is CCCSc1ncccc1C(=O)N1CCc2c([nH]c3ccc(OC)cc23)[C@H]1c1ccccc1OC. The quantitative estimate of drug-likeness (QED) is 0.330. The summed E-state index contributed by atoms with van der Waals surface area (Å²) in [5.74, 6) is 2.47. The molecule has 0 radical (unpaired) electrons. The van der Waals surface area contributed by atoms with Crippen molar-refractivity contribution in [2.75, 3.05) is 26.5 Å². The lowest BCUT2D eigenvalue weighted by molar-refractivity contribution is 0.0685. The van der Waals surface area contributed by atoms with Crippen molar-refractivity contribution in [1.29, 1.82) is 0 Å². The van der Waals surface area contributed by atoms with Crippen molar-refractivity contribution in [3.05, 3.63) is 83.2 Å². The van der Waals surface area contributed by atoms with Crippen molar-refractivity contribution in [3.63, 3.8) is 0 Å². The van der Waals surface area contributed by atoms with Gasteiger partial charge in [-0.3, -0.25) is 4.79 Å². The molecule has 0 aliphatic carbocycles. The number of aromatic amines is 1. The molecule has 1 amide bonds. The predicted octanol–water partition coefficient (Wildman–Crippen LogP) is 5.87. The van der Waals surface area contributed by atoms with E-state index in [9.17, 15) is 4.79 Å². The summed E-state index contributed by atoms with van der Waals surface area (Å²) >= 11 is 1.63. The second kappa shape index (κ2) is 10.0. The average Bonchev–Trinajstić information content (AvgIpc) is 3.29. The molecule has 7 heteroatoms. The first kappa shape index (κ1) is 23.3. The van der Waals surface area contributed by atoms with E-state index in [0.29, 0.717) is 12.1 Å². The first-order valence-corrected chi connectivity index (χ1v) is 12.8. The summed E-state index contributed by atoms with van der Waals surface area (Å²) in [5, 5.41) is 1.91. The molecule has 35 heavy (non-hydrogen) atoms. The van der Waals surface area contributed by atoms with Gasteiger partial charge in [-0.1, -0.05) is 25.1 Å². The molecule has 0 saturated heterocycles. The Hall–Kier alpha value is -3.45. The van der Waals surface area contributed by atoms with Gasteiger partial charge in [0.1, 0.15) is 22.6 Å². The predicted molar refractivity (Wildman–Crippen MR) is 140 cm³/mol. The molecule has 5 rings (SSSR count).